The normalized spacial score (nSPS) is 23.9. The summed E-state index contributed by atoms with van der Waals surface area (Å²) in [5, 5.41) is 17.2. The molecule has 10 nitrogen and oxygen atoms in total. The Hall–Kier alpha value is -1.51. The fourth-order valence-corrected chi connectivity index (χ4v) is 4.44. The Labute approximate surface area is 180 Å². The van der Waals surface area contributed by atoms with Gasteiger partial charge in [0.15, 0.2) is 5.96 Å². The molecule has 0 spiro atoms. The summed E-state index contributed by atoms with van der Waals surface area (Å²) in [6.07, 6.45) is 3.63. The summed E-state index contributed by atoms with van der Waals surface area (Å²) in [4.78, 5) is 14.2. The number of nitrogens with one attached hydrogen (secondary N) is 3. The van der Waals surface area contributed by atoms with Gasteiger partial charge in [0.1, 0.15) is 0 Å². The molecule has 2 bridgehead atoms. The third-order valence-electron chi connectivity index (χ3n) is 4.70. The lowest BCUT2D eigenvalue weighted by atomic mass is 9.96. The number of sulfonamides is 1. The average Bonchev–Trinajstić information content (AvgIpc) is 3.27. The molecule has 3 atom stereocenters. The monoisotopic (exact) mass is 525 g/mol. The van der Waals surface area contributed by atoms with Gasteiger partial charge in [-0.2, -0.15) is 0 Å². The van der Waals surface area contributed by atoms with Gasteiger partial charge in [0.25, 0.3) is 5.69 Å². The first-order valence-corrected chi connectivity index (χ1v) is 10.2. The van der Waals surface area contributed by atoms with Crippen molar-refractivity contribution in [1.82, 2.24) is 15.4 Å². The van der Waals surface area contributed by atoms with E-state index < -0.39 is 14.9 Å². The molecule has 2 aliphatic rings. The molecule has 0 amide bonds. The highest BCUT2D eigenvalue weighted by Crippen LogP contribution is 2.34. The number of aliphatic imine (C=N–C) groups is 1. The number of benzene rings is 1. The smallest absolute Gasteiger partial charge is 0.270 e. The van der Waals surface area contributed by atoms with Gasteiger partial charge in [-0.1, -0.05) is 6.07 Å². The van der Waals surface area contributed by atoms with Gasteiger partial charge in [0.05, 0.1) is 28.1 Å². The number of ether oxygens (including phenoxy) is 1. The van der Waals surface area contributed by atoms with Crippen molar-refractivity contribution < 1.29 is 18.1 Å². The highest BCUT2D eigenvalue weighted by molar-refractivity contribution is 14.0. The zero-order chi connectivity index (χ0) is 19.4. The standard InChI is InChI=1S/C16H23N5O5S.HI/c1-17-16(20-14-10-12-5-6-15(14)26-12)18-7-8-19-27(24,25)13-4-2-3-11(9-13)21(22)23;/h2-4,9,12,14-15,19H,5-8,10H2,1H3,(H2,17,18,20);1H. The Morgan fingerprint density at radius 3 is 2.75 bits per heavy atom. The summed E-state index contributed by atoms with van der Waals surface area (Å²) >= 11 is 0. The Morgan fingerprint density at radius 2 is 2.14 bits per heavy atom. The van der Waals surface area contributed by atoms with Gasteiger partial charge < -0.3 is 15.4 Å². The molecule has 0 aliphatic carbocycles. The van der Waals surface area contributed by atoms with Crippen LogP contribution in [0.15, 0.2) is 34.2 Å². The van der Waals surface area contributed by atoms with Gasteiger partial charge in [-0.3, -0.25) is 15.1 Å². The summed E-state index contributed by atoms with van der Waals surface area (Å²) in [6.45, 7) is 0.425. The maximum atomic E-state index is 12.3. The van der Waals surface area contributed by atoms with Gasteiger partial charge in [-0.15, -0.1) is 24.0 Å². The van der Waals surface area contributed by atoms with E-state index in [1.165, 1.54) is 18.2 Å². The molecule has 3 N–H and O–H groups in total. The molecular formula is C16H24IN5O5S. The summed E-state index contributed by atoms with van der Waals surface area (Å²) < 4.78 is 32.7. The van der Waals surface area contributed by atoms with Crippen LogP contribution in [0.3, 0.4) is 0 Å². The van der Waals surface area contributed by atoms with Gasteiger partial charge in [0, 0.05) is 32.3 Å². The Morgan fingerprint density at radius 1 is 1.36 bits per heavy atom. The highest BCUT2D eigenvalue weighted by Gasteiger charge is 2.41. The number of guanidine groups is 1. The van der Waals surface area contributed by atoms with Crippen molar-refractivity contribution in [3.63, 3.8) is 0 Å². The fourth-order valence-electron chi connectivity index (χ4n) is 3.37. The van der Waals surface area contributed by atoms with Crippen molar-refractivity contribution in [3.05, 3.63) is 34.4 Å². The van der Waals surface area contributed by atoms with Gasteiger partial charge >= 0.3 is 0 Å². The molecule has 12 heteroatoms. The van der Waals surface area contributed by atoms with E-state index in [4.69, 9.17) is 4.74 Å². The first-order chi connectivity index (χ1) is 12.9. The van der Waals surface area contributed by atoms with Crippen molar-refractivity contribution in [2.75, 3.05) is 20.1 Å². The van der Waals surface area contributed by atoms with Crippen LogP contribution in [0.4, 0.5) is 5.69 Å². The largest absolute Gasteiger partial charge is 0.373 e. The van der Waals surface area contributed by atoms with E-state index in [2.05, 4.69) is 20.3 Å². The summed E-state index contributed by atoms with van der Waals surface area (Å²) in [5.41, 5.74) is -0.270. The van der Waals surface area contributed by atoms with E-state index >= 15 is 0 Å². The third-order valence-corrected chi connectivity index (χ3v) is 6.16. The second-order valence-corrected chi connectivity index (χ2v) is 8.28. The van der Waals surface area contributed by atoms with Crippen LogP contribution in [-0.2, 0) is 14.8 Å². The summed E-state index contributed by atoms with van der Waals surface area (Å²) in [6, 6.07) is 5.16. The lowest BCUT2D eigenvalue weighted by Gasteiger charge is -2.22. The molecule has 156 valence electrons. The number of hydrogen-bond acceptors (Lipinski definition) is 6. The molecule has 3 rings (SSSR count). The number of nitro groups is 1. The number of nitro benzene ring substituents is 1. The van der Waals surface area contributed by atoms with Gasteiger partial charge in [-0.25, -0.2) is 13.1 Å². The molecule has 0 saturated carbocycles. The van der Waals surface area contributed by atoms with E-state index in [0.717, 1.165) is 25.3 Å². The average molecular weight is 525 g/mol. The minimum atomic E-state index is -3.82. The summed E-state index contributed by atoms with van der Waals surface area (Å²) in [5.74, 6) is 0.589. The maximum absolute atomic E-state index is 12.3. The predicted octanol–water partition coefficient (Wildman–Crippen LogP) is 0.976. The van der Waals surface area contributed by atoms with Crippen LogP contribution >= 0.6 is 24.0 Å². The molecule has 0 radical (unpaired) electrons. The van der Waals surface area contributed by atoms with E-state index in [9.17, 15) is 18.5 Å². The first-order valence-electron chi connectivity index (χ1n) is 8.76. The molecule has 1 aromatic carbocycles. The van der Waals surface area contributed by atoms with Crippen LogP contribution in [0.25, 0.3) is 0 Å². The van der Waals surface area contributed by atoms with Crippen LogP contribution in [-0.4, -0.2) is 57.7 Å². The Kier molecular flexibility index (Phi) is 7.97. The van der Waals surface area contributed by atoms with Crippen LogP contribution in [0.2, 0.25) is 0 Å². The minimum absolute atomic E-state index is 0. The number of fused-ring (bicyclic) bond motifs is 2. The number of rotatable bonds is 7. The number of halogens is 1. The third kappa shape index (κ3) is 5.52. The zero-order valence-electron chi connectivity index (χ0n) is 15.3. The number of non-ortho nitro benzene ring substituents is 1. The van der Waals surface area contributed by atoms with Gasteiger partial charge in [0.2, 0.25) is 10.0 Å². The van der Waals surface area contributed by atoms with Crippen LogP contribution in [0.5, 0.6) is 0 Å². The number of nitrogens with zero attached hydrogens (tertiary/aromatic N) is 2. The Bertz CT molecular complexity index is 834. The molecule has 3 unspecified atom stereocenters. The van der Waals surface area contributed by atoms with Crippen molar-refractivity contribution in [3.8, 4) is 0 Å². The molecule has 1 aromatic rings. The van der Waals surface area contributed by atoms with Crippen molar-refractivity contribution in [2.45, 2.75) is 42.4 Å². The highest BCUT2D eigenvalue weighted by atomic mass is 127. The van der Waals surface area contributed by atoms with Crippen molar-refractivity contribution >= 4 is 45.6 Å². The lowest BCUT2D eigenvalue weighted by Crippen LogP contribution is -2.48. The predicted molar refractivity (Wildman–Crippen MR) is 114 cm³/mol. The van der Waals surface area contributed by atoms with Crippen molar-refractivity contribution in [2.24, 2.45) is 4.99 Å². The van der Waals surface area contributed by atoms with E-state index in [1.807, 2.05) is 0 Å². The van der Waals surface area contributed by atoms with E-state index in [-0.39, 0.29) is 53.3 Å². The second-order valence-electron chi connectivity index (χ2n) is 6.51. The molecule has 2 heterocycles. The fraction of sp³-hybridized carbons (Fsp3) is 0.562. The second kappa shape index (κ2) is 9.80. The Balaban J connectivity index is 0.00000280. The van der Waals surface area contributed by atoms with Crippen LogP contribution in [0.1, 0.15) is 19.3 Å². The SMILES string of the molecule is CN=C(NCCNS(=O)(=O)c1cccc([N+](=O)[O-])c1)NC1CC2CCC1O2.I. The molecule has 2 saturated heterocycles. The quantitative estimate of drug-likeness (QED) is 0.121. The molecule has 2 aliphatic heterocycles. The molecule has 0 aromatic heterocycles. The van der Waals surface area contributed by atoms with Gasteiger partial charge in [-0.05, 0) is 25.3 Å². The minimum Gasteiger partial charge on any atom is -0.373 e. The van der Waals surface area contributed by atoms with E-state index in [1.54, 1.807) is 7.05 Å². The maximum Gasteiger partial charge on any atom is 0.270 e. The topological polar surface area (TPSA) is 135 Å². The van der Waals surface area contributed by atoms with Crippen molar-refractivity contribution in [1.29, 1.82) is 0 Å². The first kappa shape index (κ1) is 22.8. The van der Waals surface area contributed by atoms with E-state index in [0.29, 0.717) is 18.6 Å². The zero-order valence-corrected chi connectivity index (χ0v) is 18.5. The number of hydrogen-bond donors (Lipinski definition) is 3. The molecular weight excluding hydrogens is 501 g/mol. The lowest BCUT2D eigenvalue weighted by molar-refractivity contribution is -0.385. The van der Waals surface area contributed by atoms with Crippen LogP contribution < -0.4 is 15.4 Å². The molecule has 2 fully saturated rings. The summed E-state index contributed by atoms with van der Waals surface area (Å²) in [7, 11) is -2.18. The van der Waals surface area contributed by atoms with Crippen LogP contribution in [0, 0.1) is 10.1 Å². The molecule has 28 heavy (non-hydrogen) atoms.